The van der Waals surface area contributed by atoms with E-state index >= 15 is 0 Å². The second kappa shape index (κ2) is 10.4. The van der Waals surface area contributed by atoms with Gasteiger partial charge in [0.05, 0.1) is 31.0 Å². The Morgan fingerprint density at radius 1 is 1.17 bits per heavy atom. The number of benzene rings is 2. The fraction of sp³-hybridized carbons (Fsp3) is 0.333. The largest absolute Gasteiger partial charge is 0.508 e. The number of likely N-dealkylation sites (tertiary alicyclic amines) is 1. The van der Waals surface area contributed by atoms with Gasteiger partial charge in [-0.05, 0) is 41.8 Å². The Balaban J connectivity index is 1.50. The molecule has 1 saturated heterocycles. The molecule has 2 aromatic carbocycles. The van der Waals surface area contributed by atoms with Crippen LogP contribution in [0.15, 0.2) is 54.7 Å². The number of amides is 1. The molecule has 0 aliphatic carbocycles. The molecular weight excluding hydrogens is 479 g/mol. The van der Waals surface area contributed by atoms with Crippen LogP contribution in [-0.4, -0.2) is 56.6 Å². The predicted octanol–water partition coefficient (Wildman–Crippen LogP) is 2.92. The fourth-order valence-electron chi connectivity index (χ4n) is 4.17. The van der Waals surface area contributed by atoms with Crippen molar-refractivity contribution in [2.75, 3.05) is 13.7 Å². The molecule has 1 aliphatic rings. The van der Waals surface area contributed by atoms with Crippen molar-refractivity contribution in [2.45, 2.75) is 37.8 Å². The zero-order valence-corrected chi connectivity index (χ0v) is 19.3. The molecule has 0 bridgehead atoms. The number of alkyl halides is 3. The minimum Gasteiger partial charge on any atom is -0.508 e. The van der Waals surface area contributed by atoms with Gasteiger partial charge in [-0.3, -0.25) is 9.69 Å². The molecule has 1 fully saturated rings. The molecule has 1 aliphatic heterocycles. The number of nitrogens with one attached hydrogen (secondary N) is 1. The molecule has 2 N–H and O–H groups in total. The highest BCUT2D eigenvalue weighted by Gasteiger charge is 2.38. The number of esters is 1. The van der Waals surface area contributed by atoms with Gasteiger partial charge in [0.15, 0.2) is 5.69 Å². The van der Waals surface area contributed by atoms with Crippen molar-refractivity contribution in [1.82, 2.24) is 25.2 Å². The Kier molecular flexibility index (Phi) is 7.25. The summed E-state index contributed by atoms with van der Waals surface area (Å²) in [4.78, 5) is 26.8. The highest BCUT2D eigenvalue weighted by Crippen LogP contribution is 2.31. The molecule has 36 heavy (non-hydrogen) atoms. The van der Waals surface area contributed by atoms with Crippen LogP contribution in [-0.2, 0) is 28.8 Å². The van der Waals surface area contributed by atoms with E-state index in [2.05, 4.69) is 20.4 Å². The summed E-state index contributed by atoms with van der Waals surface area (Å²) in [5.74, 6) is -0.857. The minimum absolute atomic E-state index is 0.0417. The number of phenolic OH excluding ortho intramolecular Hbond substituents is 1. The summed E-state index contributed by atoms with van der Waals surface area (Å²) in [6.07, 6.45) is -2.67. The maximum atomic E-state index is 13.2. The van der Waals surface area contributed by atoms with Gasteiger partial charge in [-0.15, -0.1) is 5.10 Å². The number of ether oxygens (including phenoxy) is 1. The minimum atomic E-state index is -4.47. The van der Waals surface area contributed by atoms with Gasteiger partial charge >= 0.3 is 12.1 Å². The summed E-state index contributed by atoms with van der Waals surface area (Å²) in [5.41, 5.74) is 0.450. The van der Waals surface area contributed by atoms with E-state index in [-0.39, 0.29) is 29.9 Å². The van der Waals surface area contributed by atoms with Crippen molar-refractivity contribution in [1.29, 1.82) is 0 Å². The second-order valence-corrected chi connectivity index (χ2v) is 8.49. The van der Waals surface area contributed by atoms with Gasteiger partial charge < -0.3 is 15.2 Å². The van der Waals surface area contributed by atoms with Crippen LogP contribution < -0.4 is 5.32 Å². The zero-order chi connectivity index (χ0) is 25.9. The number of methoxy groups -OCH3 is 1. The summed E-state index contributed by atoms with van der Waals surface area (Å²) in [6, 6.07) is 10.5. The monoisotopic (exact) mass is 503 g/mol. The molecule has 0 saturated carbocycles. The number of halogens is 3. The molecule has 0 radical (unpaired) electrons. The highest BCUT2D eigenvalue weighted by molar-refractivity contribution is 5.86. The van der Waals surface area contributed by atoms with Gasteiger partial charge in [0, 0.05) is 19.6 Å². The van der Waals surface area contributed by atoms with Crippen LogP contribution in [0.5, 0.6) is 5.75 Å². The molecule has 0 spiro atoms. The molecule has 9 nitrogen and oxygen atoms in total. The normalized spacial score (nSPS) is 18.2. The lowest BCUT2D eigenvalue weighted by Crippen LogP contribution is -2.42. The predicted molar refractivity (Wildman–Crippen MR) is 121 cm³/mol. The molecular formula is C24H24F3N5O4. The number of hydrogen-bond donors (Lipinski definition) is 2. The third-order valence-electron chi connectivity index (χ3n) is 6.01. The zero-order valence-electron chi connectivity index (χ0n) is 19.3. The molecule has 12 heteroatoms. The number of hydrogen-bond acceptors (Lipinski definition) is 7. The molecule has 0 unspecified atom stereocenters. The van der Waals surface area contributed by atoms with Gasteiger partial charge in [-0.1, -0.05) is 29.5 Å². The highest BCUT2D eigenvalue weighted by atomic mass is 19.4. The van der Waals surface area contributed by atoms with E-state index in [0.717, 1.165) is 17.7 Å². The van der Waals surface area contributed by atoms with E-state index in [9.17, 15) is 27.9 Å². The molecule has 1 amide bonds. The Morgan fingerprint density at radius 2 is 1.92 bits per heavy atom. The van der Waals surface area contributed by atoms with Crippen molar-refractivity contribution in [2.24, 2.45) is 0 Å². The number of phenols is 1. The summed E-state index contributed by atoms with van der Waals surface area (Å²) in [6.45, 7) is 0.732. The van der Waals surface area contributed by atoms with Crippen LogP contribution in [0.4, 0.5) is 13.2 Å². The quantitative estimate of drug-likeness (QED) is 0.477. The lowest BCUT2D eigenvalue weighted by molar-refractivity contribution is -0.137. The van der Waals surface area contributed by atoms with Crippen molar-refractivity contribution >= 4 is 11.9 Å². The van der Waals surface area contributed by atoms with Gasteiger partial charge in [0.25, 0.3) is 0 Å². The summed E-state index contributed by atoms with van der Waals surface area (Å²) < 4.78 is 45.2. The topological polar surface area (TPSA) is 110 Å². The van der Waals surface area contributed by atoms with Crippen LogP contribution >= 0.6 is 0 Å². The second-order valence-electron chi connectivity index (χ2n) is 8.49. The van der Waals surface area contributed by atoms with E-state index in [1.54, 1.807) is 24.3 Å². The van der Waals surface area contributed by atoms with Crippen LogP contribution in [0, 0.1) is 0 Å². The van der Waals surface area contributed by atoms with E-state index in [1.807, 2.05) is 4.90 Å². The summed E-state index contributed by atoms with van der Waals surface area (Å²) in [5, 5.41) is 20.1. The maximum absolute atomic E-state index is 13.2. The Hall–Kier alpha value is -3.93. The first-order chi connectivity index (χ1) is 17.1. The smallest absolute Gasteiger partial charge is 0.416 e. The van der Waals surface area contributed by atoms with Crippen molar-refractivity contribution in [3.63, 3.8) is 0 Å². The van der Waals surface area contributed by atoms with Crippen LogP contribution in [0.25, 0.3) is 0 Å². The van der Waals surface area contributed by atoms with Crippen molar-refractivity contribution < 1.29 is 32.6 Å². The van der Waals surface area contributed by atoms with E-state index in [0.29, 0.717) is 25.1 Å². The molecule has 1 aromatic heterocycles. The third-order valence-corrected chi connectivity index (χ3v) is 6.01. The maximum Gasteiger partial charge on any atom is 0.416 e. The molecule has 2 atom stereocenters. The lowest BCUT2D eigenvalue weighted by Gasteiger charge is -2.23. The average Bonchev–Trinajstić information content (AvgIpc) is 3.51. The van der Waals surface area contributed by atoms with Gasteiger partial charge in [-0.2, -0.15) is 13.2 Å². The SMILES string of the molecule is COC(=O)c1cn([C@@H]2C[C@@H](C(=O)NCc3cccc(C(F)(F)F)c3)N(Cc3ccc(O)cc3)C2)nn1. The summed E-state index contributed by atoms with van der Waals surface area (Å²) in [7, 11) is 1.24. The third kappa shape index (κ3) is 5.82. The molecule has 2 heterocycles. The Morgan fingerprint density at radius 3 is 2.61 bits per heavy atom. The molecule has 3 aromatic rings. The first-order valence-electron chi connectivity index (χ1n) is 11.1. The summed E-state index contributed by atoms with van der Waals surface area (Å²) >= 11 is 0. The lowest BCUT2D eigenvalue weighted by atomic mass is 10.1. The van der Waals surface area contributed by atoms with Crippen LogP contribution in [0.3, 0.4) is 0 Å². The number of aromatic hydroxyl groups is 1. The average molecular weight is 503 g/mol. The van der Waals surface area contributed by atoms with Crippen LogP contribution in [0.1, 0.15) is 39.6 Å². The standard InChI is InChI=1S/C24H24F3N5O4/c1-36-23(35)20-14-32(30-29-20)18-10-21(31(13-18)12-15-5-7-19(33)8-6-15)22(34)28-11-16-3-2-4-17(9-16)24(25,26)27/h2-9,14,18,21,33H,10-13H2,1H3,(H,28,34)/t18-,21+/m1/s1. The van der Waals surface area contributed by atoms with Crippen molar-refractivity contribution in [3.8, 4) is 5.75 Å². The number of carbonyl (C=O) groups is 2. The van der Waals surface area contributed by atoms with E-state index < -0.39 is 23.8 Å². The number of carbonyl (C=O) groups excluding carboxylic acids is 2. The molecule has 190 valence electrons. The van der Waals surface area contributed by atoms with Crippen LogP contribution in [0.2, 0.25) is 0 Å². The fourth-order valence-corrected chi connectivity index (χ4v) is 4.17. The van der Waals surface area contributed by atoms with Gasteiger partial charge in [0.1, 0.15) is 5.75 Å². The van der Waals surface area contributed by atoms with Crippen molar-refractivity contribution in [3.05, 3.63) is 77.1 Å². The Labute approximate surface area is 204 Å². The van der Waals surface area contributed by atoms with Gasteiger partial charge in [0.2, 0.25) is 5.91 Å². The Bertz CT molecular complexity index is 1230. The van der Waals surface area contributed by atoms with E-state index in [4.69, 9.17) is 0 Å². The van der Waals surface area contributed by atoms with E-state index in [1.165, 1.54) is 30.1 Å². The first-order valence-corrected chi connectivity index (χ1v) is 11.1. The number of rotatable bonds is 7. The number of aromatic nitrogens is 3. The van der Waals surface area contributed by atoms with Gasteiger partial charge in [-0.25, -0.2) is 9.48 Å². The molecule has 4 rings (SSSR count). The first kappa shape index (κ1) is 25.2. The number of nitrogens with zero attached hydrogens (tertiary/aromatic N) is 4.